The van der Waals surface area contributed by atoms with E-state index in [4.69, 9.17) is 10.5 Å². The molecule has 0 saturated heterocycles. The molecular weight excluding hydrogens is 240 g/mol. The van der Waals surface area contributed by atoms with Crippen LogP contribution in [-0.2, 0) is 6.54 Å². The van der Waals surface area contributed by atoms with Crippen LogP contribution < -0.4 is 10.5 Å². The Labute approximate surface area is 112 Å². The second-order valence-corrected chi connectivity index (χ2v) is 5.12. The van der Waals surface area contributed by atoms with Crippen molar-refractivity contribution in [3.8, 4) is 17.1 Å². The average molecular weight is 258 g/mol. The SMILES string of the molecule is COc1ccc(-c2nnc3n2CC(N)CC3C)cc1. The summed E-state index contributed by atoms with van der Waals surface area (Å²) in [5.74, 6) is 3.13. The van der Waals surface area contributed by atoms with Gasteiger partial charge in [-0.1, -0.05) is 6.92 Å². The Kier molecular flexibility index (Phi) is 2.98. The number of rotatable bonds is 2. The minimum absolute atomic E-state index is 0.176. The highest BCUT2D eigenvalue weighted by atomic mass is 16.5. The molecular formula is C14H18N4O. The highest BCUT2D eigenvalue weighted by molar-refractivity contribution is 5.57. The molecule has 2 unspecified atom stereocenters. The first-order valence-corrected chi connectivity index (χ1v) is 6.52. The van der Waals surface area contributed by atoms with Crippen LogP contribution >= 0.6 is 0 Å². The molecule has 1 aromatic heterocycles. The van der Waals surface area contributed by atoms with E-state index in [0.29, 0.717) is 5.92 Å². The number of fused-ring (bicyclic) bond motifs is 1. The van der Waals surface area contributed by atoms with Crippen molar-refractivity contribution >= 4 is 0 Å². The zero-order chi connectivity index (χ0) is 13.4. The maximum Gasteiger partial charge on any atom is 0.164 e. The number of hydrogen-bond acceptors (Lipinski definition) is 4. The molecule has 1 aromatic carbocycles. The molecule has 0 fully saturated rings. The fourth-order valence-electron chi connectivity index (χ4n) is 2.68. The van der Waals surface area contributed by atoms with E-state index in [2.05, 4.69) is 21.7 Å². The van der Waals surface area contributed by atoms with Crippen LogP contribution in [0, 0.1) is 0 Å². The van der Waals surface area contributed by atoms with Crippen molar-refractivity contribution in [2.45, 2.75) is 31.8 Å². The first-order chi connectivity index (χ1) is 9.19. The lowest BCUT2D eigenvalue weighted by Crippen LogP contribution is -2.33. The largest absolute Gasteiger partial charge is 0.497 e. The highest BCUT2D eigenvalue weighted by Crippen LogP contribution is 2.29. The van der Waals surface area contributed by atoms with Gasteiger partial charge in [-0.2, -0.15) is 0 Å². The maximum absolute atomic E-state index is 6.10. The highest BCUT2D eigenvalue weighted by Gasteiger charge is 2.26. The first-order valence-electron chi connectivity index (χ1n) is 6.52. The second-order valence-electron chi connectivity index (χ2n) is 5.12. The van der Waals surface area contributed by atoms with Crippen LogP contribution in [0.25, 0.3) is 11.4 Å². The van der Waals surface area contributed by atoms with E-state index in [-0.39, 0.29) is 6.04 Å². The van der Waals surface area contributed by atoms with Gasteiger partial charge in [0.05, 0.1) is 7.11 Å². The van der Waals surface area contributed by atoms with Gasteiger partial charge in [-0.05, 0) is 30.7 Å². The summed E-state index contributed by atoms with van der Waals surface area (Å²) in [6.07, 6.45) is 0.973. The van der Waals surface area contributed by atoms with Crippen molar-refractivity contribution in [2.75, 3.05) is 7.11 Å². The lowest BCUT2D eigenvalue weighted by atomic mass is 9.97. The second kappa shape index (κ2) is 4.66. The third-order valence-corrected chi connectivity index (χ3v) is 3.64. The first kappa shape index (κ1) is 12.2. The van der Waals surface area contributed by atoms with E-state index < -0.39 is 0 Å². The molecule has 5 heteroatoms. The molecule has 19 heavy (non-hydrogen) atoms. The number of ether oxygens (including phenoxy) is 1. The van der Waals surface area contributed by atoms with Gasteiger partial charge in [0.1, 0.15) is 11.6 Å². The summed E-state index contributed by atoms with van der Waals surface area (Å²) in [5.41, 5.74) is 7.14. The fraction of sp³-hybridized carbons (Fsp3) is 0.429. The summed E-state index contributed by atoms with van der Waals surface area (Å²) in [6, 6.07) is 8.05. The minimum atomic E-state index is 0.176. The third-order valence-electron chi connectivity index (χ3n) is 3.64. The van der Waals surface area contributed by atoms with E-state index in [1.807, 2.05) is 24.3 Å². The standard InChI is InChI=1S/C14H18N4O/c1-9-7-11(15)8-18-13(9)16-17-14(18)10-3-5-12(19-2)6-4-10/h3-6,9,11H,7-8,15H2,1-2H3. The lowest BCUT2D eigenvalue weighted by Gasteiger charge is -2.25. The van der Waals surface area contributed by atoms with E-state index in [1.54, 1.807) is 7.11 Å². The summed E-state index contributed by atoms with van der Waals surface area (Å²) in [4.78, 5) is 0. The summed E-state index contributed by atoms with van der Waals surface area (Å²) in [5, 5.41) is 8.64. The van der Waals surface area contributed by atoms with Gasteiger partial charge in [0.15, 0.2) is 5.82 Å². The van der Waals surface area contributed by atoms with Crippen LogP contribution in [0.15, 0.2) is 24.3 Å². The third kappa shape index (κ3) is 2.10. The van der Waals surface area contributed by atoms with E-state index >= 15 is 0 Å². The summed E-state index contributed by atoms with van der Waals surface area (Å²) < 4.78 is 7.31. The Bertz CT molecular complexity index is 576. The van der Waals surface area contributed by atoms with E-state index in [9.17, 15) is 0 Å². The van der Waals surface area contributed by atoms with Gasteiger partial charge < -0.3 is 15.0 Å². The molecule has 0 spiro atoms. The molecule has 5 nitrogen and oxygen atoms in total. The smallest absolute Gasteiger partial charge is 0.164 e. The van der Waals surface area contributed by atoms with Gasteiger partial charge in [-0.25, -0.2) is 0 Å². The normalized spacial score (nSPS) is 22.1. The molecule has 0 bridgehead atoms. The number of aromatic nitrogens is 3. The monoisotopic (exact) mass is 258 g/mol. The maximum atomic E-state index is 6.10. The van der Waals surface area contributed by atoms with Gasteiger partial charge in [-0.15, -0.1) is 10.2 Å². The molecule has 1 aliphatic rings. The number of benzene rings is 1. The minimum Gasteiger partial charge on any atom is -0.497 e. The molecule has 2 atom stereocenters. The zero-order valence-electron chi connectivity index (χ0n) is 11.2. The van der Waals surface area contributed by atoms with Crippen molar-refractivity contribution in [1.82, 2.24) is 14.8 Å². The van der Waals surface area contributed by atoms with Gasteiger partial charge in [0.2, 0.25) is 0 Å². The van der Waals surface area contributed by atoms with Crippen LogP contribution in [-0.4, -0.2) is 27.9 Å². The van der Waals surface area contributed by atoms with Gasteiger partial charge in [0, 0.05) is 24.1 Å². The molecule has 0 radical (unpaired) electrons. The van der Waals surface area contributed by atoms with Crippen LogP contribution in [0.5, 0.6) is 5.75 Å². The molecule has 2 N–H and O–H groups in total. The Hall–Kier alpha value is -1.88. The van der Waals surface area contributed by atoms with Gasteiger partial charge in [-0.3, -0.25) is 0 Å². The van der Waals surface area contributed by atoms with Crippen molar-refractivity contribution in [1.29, 1.82) is 0 Å². The number of methoxy groups -OCH3 is 1. The predicted octanol–water partition coefficient (Wildman–Crippen LogP) is 1.79. The molecule has 100 valence electrons. The quantitative estimate of drug-likeness (QED) is 0.891. The van der Waals surface area contributed by atoms with Crippen LogP contribution in [0.2, 0.25) is 0 Å². The molecule has 0 saturated carbocycles. The molecule has 2 aromatic rings. The lowest BCUT2D eigenvalue weighted by molar-refractivity contribution is 0.409. The number of hydrogen-bond donors (Lipinski definition) is 1. The number of nitrogens with two attached hydrogens (primary N) is 1. The number of nitrogens with zero attached hydrogens (tertiary/aromatic N) is 3. The van der Waals surface area contributed by atoms with E-state index in [1.165, 1.54) is 0 Å². The molecule has 0 aliphatic carbocycles. The molecule has 0 amide bonds. The summed E-state index contributed by atoms with van der Waals surface area (Å²) in [7, 11) is 1.66. The van der Waals surface area contributed by atoms with Gasteiger partial charge >= 0.3 is 0 Å². The van der Waals surface area contributed by atoms with Crippen LogP contribution in [0.1, 0.15) is 25.1 Å². The fourth-order valence-corrected chi connectivity index (χ4v) is 2.68. The van der Waals surface area contributed by atoms with Crippen LogP contribution in [0.4, 0.5) is 0 Å². The Morgan fingerprint density at radius 3 is 2.68 bits per heavy atom. The summed E-state index contributed by atoms with van der Waals surface area (Å²) >= 11 is 0. The molecule has 3 rings (SSSR count). The Morgan fingerprint density at radius 1 is 1.26 bits per heavy atom. The zero-order valence-corrected chi connectivity index (χ0v) is 11.2. The topological polar surface area (TPSA) is 66.0 Å². The Morgan fingerprint density at radius 2 is 2.00 bits per heavy atom. The van der Waals surface area contributed by atoms with Gasteiger partial charge in [0.25, 0.3) is 0 Å². The average Bonchev–Trinajstić information content (AvgIpc) is 2.83. The Balaban J connectivity index is 2.01. The molecule has 1 aliphatic heterocycles. The summed E-state index contributed by atoms with van der Waals surface area (Å²) in [6.45, 7) is 2.94. The van der Waals surface area contributed by atoms with Crippen LogP contribution in [0.3, 0.4) is 0 Å². The predicted molar refractivity (Wildman–Crippen MR) is 73.0 cm³/mol. The van der Waals surface area contributed by atoms with E-state index in [0.717, 1.165) is 35.9 Å². The van der Waals surface area contributed by atoms with Crippen molar-refractivity contribution in [3.05, 3.63) is 30.1 Å². The molecule has 2 heterocycles. The van der Waals surface area contributed by atoms with Crippen molar-refractivity contribution in [3.63, 3.8) is 0 Å². The van der Waals surface area contributed by atoms with Crippen molar-refractivity contribution < 1.29 is 4.74 Å². The van der Waals surface area contributed by atoms with Crippen molar-refractivity contribution in [2.24, 2.45) is 5.73 Å².